The summed E-state index contributed by atoms with van der Waals surface area (Å²) < 4.78 is 46.9. The number of benzene rings is 1. The Labute approximate surface area is 112 Å². The molecule has 0 bridgehead atoms. The summed E-state index contributed by atoms with van der Waals surface area (Å²) in [5.41, 5.74) is 4.06. The average Bonchev–Trinajstić information content (AvgIpc) is 2.37. The van der Waals surface area contributed by atoms with Gasteiger partial charge in [0.25, 0.3) is 0 Å². The van der Waals surface area contributed by atoms with Crippen LogP contribution in [0.5, 0.6) is 0 Å². The Morgan fingerprint density at radius 2 is 1.71 bits per heavy atom. The van der Waals surface area contributed by atoms with E-state index < -0.39 is 13.7 Å². The second kappa shape index (κ2) is 4.33. The summed E-state index contributed by atoms with van der Waals surface area (Å²) in [7, 11) is 1.80. The fraction of sp³-hybridized carbons (Fsp3) is 0.312. The lowest BCUT2D eigenvalue weighted by atomic mass is 9.99. The number of nitrogens with zero attached hydrogens (tertiary/aromatic N) is 1. The van der Waals surface area contributed by atoms with E-state index in [1.54, 1.807) is 42.1 Å². The van der Waals surface area contributed by atoms with Crippen molar-refractivity contribution in [3.8, 4) is 11.3 Å². The number of aryl methyl sites for hydroxylation is 5. The third-order valence-electron chi connectivity index (χ3n) is 2.91. The summed E-state index contributed by atoms with van der Waals surface area (Å²) in [6.45, 7) is -0.559. The molecule has 17 heavy (non-hydrogen) atoms. The molecule has 0 atom stereocenters. The Kier molecular flexibility index (Phi) is 1.61. The van der Waals surface area contributed by atoms with Crippen LogP contribution in [0.4, 0.5) is 0 Å². The van der Waals surface area contributed by atoms with Crippen LogP contribution in [-0.2, 0) is 7.05 Å². The van der Waals surface area contributed by atoms with Gasteiger partial charge in [0, 0.05) is 24.9 Å². The Morgan fingerprint density at radius 3 is 2.29 bits per heavy atom. The van der Waals surface area contributed by atoms with Gasteiger partial charge < -0.3 is 0 Å². The number of aromatic nitrogens is 1. The third kappa shape index (κ3) is 2.23. The van der Waals surface area contributed by atoms with Gasteiger partial charge in [-0.1, -0.05) is 17.7 Å². The molecule has 1 aromatic heterocycles. The molecule has 1 aromatic carbocycles. The summed E-state index contributed by atoms with van der Waals surface area (Å²) >= 11 is 0. The van der Waals surface area contributed by atoms with Crippen molar-refractivity contribution in [2.24, 2.45) is 7.05 Å². The molecule has 2 rings (SSSR count). The van der Waals surface area contributed by atoms with Gasteiger partial charge in [-0.15, -0.1) is 0 Å². The first-order valence-corrected chi connectivity index (χ1v) is 5.53. The molecular formula is C16H20N+. The van der Waals surface area contributed by atoms with E-state index in [1.165, 1.54) is 0 Å². The number of pyridine rings is 1. The number of hydrogen-bond acceptors (Lipinski definition) is 0. The lowest BCUT2D eigenvalue weighted by Crippen LogP contribution is -2.32. The van der Waals surface area contributed by atoms with E-state index in [0.717, 1.165) is 22.4 Å². The standard InChI is InChI=1S/C16H20N/c1-11-6-7-15(13(3)8-11)16-14(4)9-12(2)10-17(16)5/h6-10H,1-5H3/q+1/i1D3,2D3. The molecule has 0 aliphatic rings. The lowest BCUT2D eigenvalue weighted by molar-refractivity contribution is -0.661. The molecule has 0 aliphatic carbocycles. The van der Waals surface area contributed by atoms with Gasteiger partial charge in [0.05, 0.1) is 0 Å². The zero-order chi connectivity index (χ0) is 17.6. The molecule has 0 unspecified atom stereocenters. The van der Waals surface area contributed by atoms with E-state index in [-0.39, 0.29) is 5.56 Å². The van der Waals surface area contributed by atoms with Gasteiger partial charge in [-0.05, 0) is 45.2 Å². The molecule has 2 aromatic rings. The average molecular weight is 232 g/mol. The smallest absolute Gasteiger partial charge is 0.201 e. The van der Waals surface area contributed by atoms with Crippen molar-refractivity contribution < 1.29 is 12.8 Å². The van der Waals surface area contributed by atoms with Gasteiger partial charge in [-0.3, -0.25) is 0 Å². The van der Waals surface area contributed by atoms with Crippen LogP contribution in [0.15, 0.2) is 30.5 Å². The van der Waals surface area contributed by atoms with E-state index in [4.69, 9.17) is 8.22 Å². The highest BCUT2D eigenvalue weighted by Crippen LogP contribution is 2.24. The molecular weight excluding hydrogens is 206 g/mol. The molecule has 0 spiro atoms. The van der Waals surface area contributed by atoms with Crippen molar-refractivity contribution >= 4 is 0 Å². The van der Waals surface area contributed by atoms with Gasteiger partial charge in [-0.25, -0.2) is 4.57 Å². The Hall–Kier alpha value is -1.63. The van der Waals surface area contributed by atoms with Crippen molar-refractivity contribution in [2.75, 3.05) is 0 Å². The maximum Gasteiger partial charge on any atom is 0.215 e. The summed E-state index contributed by atoms with van der Waals surface area (Å²) in [6, 6.07) is 6.72. The minimum atomic E-state index is -2.15. The summed E-state index contributed by atoms with van der Waals surface area (Å²) in [5.74, 6) is 0. The molecule has 0 saturated heterocycles. The van der Waals surface area contributed by atoms with Gasteiger partial charge in [0.1, 0.15) is 7.05 Å². The largest absolute Gasteiger partial charge is 0.215 e. The molecule has 1 heterocycles. The molecule has 88 valence electrons. The van der Waals surface area contributed by atoms with Crippen LogP contribution in [0, 0.1) is 27.6 Å². The molecule has 0 N–H and O–H groups in total. The highest BCUT2D eigenvalue weighted by molar-refractivity contribution is 5.64. The van der Waals surface area contributed by atoms with Crippen LogP contribution in [0.3, 0.4) is 0 Å². The van der Waals surface area contributed by atoms with Crippen LogP contribution in [0.25, 0.3) is 11.3 Å². The quantitative estimate of drug-likeness (QED) is 0.663. The molecule has 0 aliphatic heterocycles. The van der Waals surface area contributed by atoms with E-state index in [0.29, 0.717) is 5.56 Å². The zero-order valence-corrected chi connectivity index (χ0v) is 10.3. The van der Waals surface area contributed by atoms with Gasteiger partial charge in [-0.2, -0.15) is 0 Å². The molecule has 1 heteroatoms. The first kappa shape index (κ1) is 6.34. The van der Waals surface area contributed by atoms with E-state index in [1.807, 2.05) is 13.8 Å². The summed E-state index contributed by atoms with van der Waals surface area (Å²) in [5, 5.41) is 0. The van der Waals surface area contributed by atoms with Gasteiger partial charge in [0.2, 0.25) is 5.69 Å². The van der Waals surface area contributed by atoms with Crippen LogP contribution in [-0.4, -0.2) is 0 Å². The van der Waals surface area contributed by atoms with Crippen molar-refractivity contribution in [2.45, 2.75) is 27.6 Å². The number of hydrogen-bond donors (Lipinski definition) is 0. The number of rotatable bonds is 1. The summed E-state index contributed by atoms with van der Waals surface area (Å²) in [4.78, 5) is 0. The van der Waals surface area contributed by atoms with Crippen molar-refractivity contribution in [3.05, 3.63) is 52.7 Å². The topological polar surface area (TPSA) is 3.88 Å². The van der Waals surface area contributed by atoms with E-state index >= 15 is 0 Å². The highest BCUT2D eigenvalue weighted by Gasteiger charge is 2.15. The second-order valence-electron chi connectivity index (χ2n) is 4.40. The Bertz CT molecular complexity index is 720. The van der Waals surface area contributed by atoms with Gasteiger partial charge in [0.15, 0.2) is 6.20 Å². The van der Waals surface area contributed by atoms with Crippen molar-refractivity contribution in [1.82, 2.24) is 0 Å². The SMILES string of the molecule is [2H]C([2H])([2H])c1ccc(-c2c(C)cc(C([2H])([2H])[2H])c[n+]2C)c(C)c1. The molecule has 1 nitrogen and oxygen atoms in total. The van der Waals surface area contributed by atoms with Crippen LogP contribution in [0.1, 0.15) is 30.5 Å². The van der Waals surface area contributed by atoms with Crippen LogP contribution in [0.2, 0.25) is 0 Å². The predicted molar refractivity (Wildman–Crippen MR) is 72.0 cm³/mol. The zero-order valence-electron chi connectivity index (χ0n) is 16.3. The molecule has 0 saturated carbocycles. The summed E-state index contributed by atoms with van der Waals surface area (Å²) in [6.07, 6.45) is 1.60. The van der Waals surface area contributed by atoms with E-state index in [9.17, 15) is 0 Å². The Balaban J connectivity index is 2.60. The minimum absolute atomic E-state index is 0.290. The lowest BCUT2D eigenvalue weighted by Gasteiger charge is -2.08. The Morgan fingerprint density at radius 1 is 1.00 bits per heavy atom. The van der Waals surface area contributed by atoms with Gasteiger partial charge >= 0.3 is 0 Å². The first-order valence-electron chi connectivity index (χ1n) is 8.53. The monoisotopic (exact) mass is 232 g/mol. The van der Waals surface area contributed by atoms with Crippen molar-refractivity contribution in [1.29, 1.82) is 0 Å². The molecule has 0 fully saturated rings. The maximum absolute atomic E-state index is 7.54. The fourth-order valence-corrected chi connectivity index (χ4v) is 2.22. The van der Waals surface area contributed by atoms with E-state index in [2.05, 4.69) is 0 Å². The highest BCUT2D eigenvalue weighted by atomic mass is 14.9. The normalized spacial score (nSPS) is 17.4. The first-order chi connectivity index (χ1) is 10.4. The molecule has 0 radical (unpaired) electrons. The second-order valence-corrected chi connectivity index (χ2v) is 4.40. The van der Waals surface area contributed by atoms with Crippen molar-refractivity contribution in [3.63, 3.8) is 0 Å². The third-order valence-corrected chi connectivity index (χ3v) is 2.91. The van der Waals surface area contributed by atoms with Crippen LogP contribution < -0.4 is 4.57 Å². The van der Waals surface area contributed by atoms with Crippen LogP contribution >= 0.6 is 0 Å². The molecule has 0 amide bonds. The fourth-order valence-electron chi connectivity index (χ4n) is 2.22. The maximum atomic E-state index is 7.54. The minimum Gasteiger partial charge on any atom is -0.201 e. The predicted octanol–water partition coefficient (Wildman–Crippen LogP) is 3.41.